The monoisotopic (exact) mass is 451 g/mol. The van der Waals surface area contributed by atoms with Crippen LogP contribution < -0.4 is 5.32 Å². The van der Waals surface area contributed by atoms with E-state index in [2.05, 4.69) is 10.3 Å². The van der Waals surface area contributed by atoms with E-state index < -0.39 is 0 Å². The lowest BCUT2D eigenvalue weighted by Crippen LogP contribution is -2.43. The molecule has 0 spiro atoms. The quantitative estimate of drug-likeness (QED) is 0.589. The first-order valence-corrected chi connectivity index (χ1v) is 11.8. The molecular formula is C25H26FN3O2S. The molecular weight excluding hydrogens is 425 g/mol. The summed E-state index contributed by atoms with van der Waals surface area (Å²) in [5.74, 6) is -0.392. The van der Waals surface area contributed by atoms with Crippen molar-refractivity contribution in [3.05, 3.63) is 77.1 Å². The molecule has 0 atom stereocenters. The highest BCUT2D eigenvalue weighted by Crippen LogP contribution is 2.23. The highest BCUT2D eigenvalue weighted by atomic mass is 32.1. The van der Waals surface area contributed by atoms with Gasteiger partial charge in [0.15, 0.2) is 0 Å². The third-order valence-electron chi connectivity index (χ3n) is 5.72. The number of halogens is 1. The van der Waals surface area contributed by atoms with Crippen molar-refractivity contribution in [1.82, 2.24) is 15.2 Å². The van der Waals surface area contributed by atoms with Crippen molar-refractivity contribution in [2.75, 3.05) is 19.6 Å². The van der Waals surface area contributed by atoms with Crippen molar-refractivity contribution in [1.29, 1.82) is 0 Å². The standard InChI is InChI=1S/C25H26FN3O2S/c26-21-8-4-5-18(15-21)16-23(30)29-13-10-19(11-14-29)24(31)27-12-9-22-17-32-25(28-22)20-6-2-1-3-7-20/h1-8,15,17,19H,9-14,16H2,(H,27,31). The number of carbonyl (C=O) groups excluding carboxylic acids is 2. The van der Waals surface area contributed by atoms with Crippen LogP contribution in [-0.2, 0) is 22.4 Å². The molecule has 2 heterocycles. The number of hydrogen-bond acceptors (Lipinski definition) is 4. The van der Waals surface area contributed by atoms with Gasteiger partial charge in [0.05, 0.1) is 12.1 Å². The lowest BCUT2D eigenvalue weighted by molar-refractivity contribution is -0.135. The first kappa shape index (κ1) is 22.1. The Labute approximate surface area is 191 Å². The highest BCUT2D eigenvalue weighted by Gasteiger charge is 2.27. The Balaban J connectivity index is 1.19. The van der Waals surface area contributed by atoms with Crippen LogP contribution in [0, 0.1) is 11.7 Å². The predicted molar refractivity (Wildman–Crippen MR) is 124 cm³/mol. The van der Waals surface area contributed by atoms with Gasteiger partial charge in [-0.1, -0.05) is 42.5 Å². The smallest absolute Gasteiger partial charge is 0.226 e. The Morgan fingerprint density at radius 2 is 1.88 bits per heavy atom. The molecule has 5 nitrogen and oxygen atoms in total. The summed E-state index contributed by atoms with van der Waals surface area (Å²) in [5.41, 5.74) is 2.76. The third-order valence-corrected chi connectivity index (χ3v) is 6.66. The topological polar surface area (TPSA) is 62.3 Å². The molecule has 0 radical (unpaired) electrons. The second kappa shape index (κ2) is 10.5. The number of aromatic nitrogens is 1. The summed E-state index contributed by atoms with van der Waals surface area (Å²) in [6.45, 7) is 1.66. The van der Waals surface area contributed by atoms with Gasteiger partial charge in [-0.3, -0.25) is 9.59 Å². The summed E-state index contributed by atoms with van der Waals surface area (Å²) < 4.78 is 13.3. The number of thiazole rings is 1. The fourth-order valence-corrected chi connectivity index (χ4v) is 4.78. The largest absolute Gasteiger partial charge is 0.355 e. The fourth-order valence-electron chi connectivity index (χ4n) is 3.92. The molecule has 1 aliphatic heterocycles. The van der Waals surface area contributed by atoms with Crippen molar-refractivity contribution in [3.8, 4) is 10.6 Å². The van der Waals surface area contributed by atoms with Crippen LogP contribution in [0.3, 0.4) is 0 Å². The Hall–Kier alpha value is -3.06. The number of rotatable bonds is 7. The predicted octanol–water partition coefficient (Wildman–Crippen LogP) is 4.09. The van der Waals surface area contributed by atoms with Gasteiger partial charge in [0.1, 0.15) is 10.8 Å². The molecule has 0 bridgehead atoms. The molecule has 0 unspecified atom stereocenters. The van der Waals surface area contributed by atoms with E-state index in [1.165, 1.54) is 12.1 Å². The van der Waals surface area contributed by atoms with Crippen LogP contribution in [0.4, 0.5) is 4.39 Å². The summed E-state index contributed by atoms with van der Waals surface area (Å²) in [7, 11) is 0. The average molecular weight is 452 g/mol. The van der Waals surface area contributed by atoms with Crippen LogP contribution in [0.15, 0.2) is 60.0 Å². The number of likely N-dealkylation sites (tertiary alicyclic amines) is 1. The summed E-state index contributed by atoms with van der Waals surface area (Å²) in [5, 5.41) is 6.05. The molecule has 1 aromatic heterocycles. The number of hydrogen-bond donors (Lipinski definition) is 1. The van der Waals surface area contributed by atoms with Crippen molar-refractivity contribution >= 4 is 23.2 Å². The van der Waals surface area contributed by atoms with Gasteiger partial charge in [0.2, 0.25) is 11.8 Å². The van der Waals surface area contributed by atoms with Gasteiger partial charge >= 0.3 is 0 Å². The van der Waals surface area contributed by atoms with Gasteiger partial charge in [-0.25, -0.2) is 9.37 Å². The van der Waals surface area contributed by atoms with Gasteiger partial charge in [0, 0.05) is 42.9 Å². The normalized spacial score (nSPS) is 14.3. The second-order valence-corrected chi connectivity index (χ2v) is 8.87. The number of carbonyl (C=O) groups is 2. The van der Waals surface area contributed by atoms with E-state index in [1.807, 2.05) is 35.7 Å². The van der Waals surface area contributed by atoms with Crippen molar-refractivity contribution in [2.45, 2.75) is 25.7 Å². The summed E-state index contributed by atoms with van der Waals surface area (Å²) in [6.07, 6.45) is 2.18. The first-order valence-electron chi connectivity index (χ1n) is 10.9. The Morgan fingerprint density at radius 3 is 2.62 bits per heavy atom. The van der Waals surface area contributed by atoms with Gasteiger partial charge in [0.25, 0.3) is 0 Å². The van der Waals surface area contributed by atoms with Gasteiger partial charge in [-0.2, -0.15) is 0 Å². The van der Waals surface area contributed by atoms with E-state index in [1.54, 1.807) is 28.4 Å². The summed E-state index contributed by atoms with van der Waals surface area (Å²) in [4.78, 5) is 31.5. The number of benzene rings is 2. The first-order chi connectivity index (χ1) is 15.6. The lowest BCUT2D eigenvalue weighted by Gasteiger charge is -2.31. The van der Waals surface area contributed by atoms with E-state index in [9.17, 15) is 14.0 Å². The minimum absolute atomic E-state index is 0.0211. The molecule has 1 fully saturated rings. The Bertz CT molecular complexity index is 1060. The molecule has 2 amide bonds. The Kier molecular flexibility index (Phi) is 7.27. The second-order valence-electron chi connectivity index (χ2n) is 8.01. The average Bonchev–Trinajstić information content (AvgIpc) is 3.29. The number of amides is 2. The lowest BCUT2D eigenvalue weighted by atomic mass is 9.95. The molecule has 1 aliphatic rings. The van der Waals surface area contributed by atoms with Gasteiger partial charge in [-0.05, 0) is 30.5 Å². The number of nitrogens with zero attached hydrogens (tertiary/aromatic N) is 2. The fraction of sp³-hybridized carbons (Fsp3) is 0.320. The SMILES string of the molecule is O=C(NCCc1csc(-c2ccccc2)n1)C1CCN(C(=O)Cc2cccc(F)c2)CC1. The van der Waals surface area contributed by atoms with Crippen LogP contribution in [-0.4, -0.2) is 41.3 Å². The summed E-state index contributed by atoms with van der Waals surface area (Å²) in [6, 6.07) is 16.2. The minimum atomic E-state index is -0.334. The molecule has 1 saturated heterocycles. The molecule has 0 saturated carbocycles. The van der Waals surface area contributed by atoms with Gasteiger partial charge < -0.3 is 10.2 Å². The molecule has 0 aliphatic carbocycles. The van der Waals surface area contributed by atoms with E-state index in [4.69, 9.17) is 0 Å². The van der Waals surface area contributed by atoms with Crippen LogP contribution >= 0.6 is 11.3 Å². The molecule has 4 rings (SSSR count). The maximum absolute atomic E-state index is 13.3. The van der Waals surface area contributed by atoms with Gasteiger partial charge in [-0.15, -0.1) is 11.3 Å². The van der Waals surface area contributed by atoms with Crippen LogP contribution in [0.25, 0.3) is 10.6 Å². The van der Waals surface area contributed by atoms with E-state index in [-0.39, 0.29) is 30.0 Å². The number of nitrogens with one attached hydrogen (secondary N) is 1. The highest BCUT2D eigenvalue weighted by molar-refractivity contribution is 7.13. The molecule has 1 N–H and O–H groups in total. The molecule has 7 heteroatoms. The van der Waals surface area contributed by atoms with Crippen molar-refractivity contribution < 1.29 is 14.0 Å². The van der Waals surface area contributed by atoms with E-state index >= 15 is 0 Å². The van der Waals surface area contributed by atoms with Crippen LogP contribution in [0.1, 0.15) is 24.1 Å². The number of piperidine rings is 1. The maximum Gasteiger partial charge on any atom is 0.226 e. The van der Waals surface area contributed by atoms with Crippen molar-refractivity contribution in [2.24, 2.45) is 5.92 Å². The zero-order chi connectivity index (χ0) is 22.3. The molecule has 32 heavy (non-hydrogen) atoms. The van der Waals surface area contributed by atoms with Crippen molar-refractivity contribution in [3.63, 3.8) is 0 Å². The van der Waals surface area contributed by atoms with Crippen LogP contribution in [0.5, 0.6) is 0 Å². The molecule has 2 aromatic carbocycles. The van der Waals surface area contributed by atoms with E-state index in [0.29, 0.717) is 44.5 Å². The molecule has 3 aromatic rings. The zero-order valence-corrected chi connectivity index (χ0v) is 18.6. The van der Waals surface area contributed by atoms with E-state index in [0.717, 1.165) is 16.3 Å². The zero-order valence-electron chi connectivity index (χ0n) is 17.8. The van der Waals surface area contributed by atoms with Crippen LogP contribution in [0.2, 0.25) is 0 Å². The Morgan fingerprint density at radius 1 is 1.09 bits per heavy atom. The maximum atomic E-state index is 13.3. The third kappa shape index (κ3) is 5.79. The molecule has 166 valence electrons. The minimum Gasteiger partial charge on any atom is -0.355 e. The summed E-state index contributed by atoms with van der Waals surface area (Å²) >= 11 is 1.61.